The Balaban J connectivity index is 2.12. The number of hydrogen-bond acceptors (Lipinski definition) is 2. The van der Waals surface area contributed by atoms with Gasteiger partial charge >= 0.3 is 0 Å². The molecule has 1 fully saturated rings. The van der Waals surface area contributed by atoms with E-state index in [9.17, 15) is 5.11 Å². The third-order valence-electron chi connectivity index (χ3n) is 4.32. The molecule has 1 saturated carbocycles. The summed E-state index contributed by atoms with van der Waals surface area (Å²) in [6, 6.07) is 6.44. The van der Waals surface area contributed by atoms with Crippen LogP contribution in [0.2, 0.25) is 0 Å². The molecule has 112 valence electrons. The van der Waals surface area contributed by atoms with E-state index in [0.29, 0.717) is 5.92 Å². The molecule has 2 atom stereocenters. The third kappa shape index (κ3) is 3.99. The van der Waals surface area contributed by atoms with Crippen LogP contribution in [0, 0.1) is 6.92 Å². The zero-order valence-electron chi connectivity index (χ0n) is 13.1. The second-order valence-corrected chi connectivity index (χ2v) is 6.39. The lowest BCUT2D eigenvalue weighted by Crippen LogP contribution is -2.32. The molecule has 0 bridgehead atoms. The van der Waals surface area contributed by atoms with Crippen molar-refractivity contribution in [2.24, 2.45) is 0 Å². The Morgan fingerprint density at radius 1 is 1.10 bits per heavy atom. The van der Waals surface area contributed by atoms with E-state index in [4.69, 9.17) is 4.74 Å². The Hall–Kier alpha value is -1.02. The van der Waals surface area contributed by atoms with Crippen LogP contribution in [0.4, 0.5) is 0 Å². The van der Waals surface area contributed by atoms with Crippen LogP contribution in [0.3, 0.4) is 0 Å². The molecule has 0 amide bonds. The highest BCUT2D eigenvalue weighted by Crippen LogP contribution is 2.28. The summed E-state index contributed by atoms with van der Waals surface area (Å²) >= 11 is 0. The van der Waals surface area contributed by atoms with Gasteiger partial charge in [-0.25, -0.2) is 0 Å². The van der Waals surface area contributed by atoms with Gasteiger partial charge in [-0.05, 0) is 49.3 Å². The topological polar surface area (TPSA) is 29.5 Å². The Morgan fingerprint density at radius 2 is 1.80 bits per heavy atom. The summed E-state index contributed by atoms with van der Waals surface area (Å²) in [5.74, 6) is 1.45. The van der Waals surface area contributed by atoms with Crippen molar-refractivity contribution in [2.75, 3.05) is 0 Å². The van der Waals surface area contributed by atoms with Gasteiger partial charge in [0.15, 0.2) is 0 Å². The molecular formula is C18H28O2. The van der Waals surface area contributed by atoms with Gasteiger partial charge in [-0.3, -0.25) is 0 Å². The standard InChI is InChI=1S/C18H28O2/c1-13(2)15-11-10-14(3)18(12-15)20-17-9-7-5-4-6-8-16(17)19/h10-13,16-17,19H,4-9H2,1-3H3. The van der Waals surface area contributed by atoms with Gasteiger partial charge in [0, 0.05) is 0 Å². The molecule has 20 heavy (non-hydrogen) atoms. The van der Waals surface area contributed by atoms with E-state index in [1.807, 2.05) is 0 Å². The maximum Gasteiger partial charge on any atom is 0.124 e. The van der Waals surface area contributed by atoms with E-state index in [0.717, 1.165) is 37.0 Å². The quantitative estimate of drug-likeness (QED) is 0.875. The summed E-state index contributed by atoms with van der Waals surface area (Å²) in [4.78, 5) is 0. The van der Waals surface area contributed by atoms with Gasteiger partial charge in [0.25, 0.3) is 0 Å². The average Bonchev–Trinajstić information content (AvgIpc) is 2.40. The molecule has 0 heterocycles. The van der Waals surface area contributed by atoms with E-state index in [2.05, 4.69) is 39.0 Å². The molecule has 1 aromatic rings. The minimum absolute atomic E-state index is 0.0450. The highest BCUT2D eigenvalue weighted by Gasteiger charge is 2.23. The first-order chi connectivity index (χ1) is 9.58. The Bertz CT molecular complexity index is 425. The predicted octanol–water partition coefficient (Wildman–Crippen LogP) is 4.58. The summed E-state index contributed by atoms with van der Waals surface area (Å²) in [5, 5.41) is 10.3. The first-order valence-electron chi connectivity index (χ1n) is 8.03. The smallest absolute Gasteiger partial charge is 0.124 e. The molecule has 0 radical (unpaired) electrons. The molecular weight excluding hydrogens is 248 g/mol. The molecule has 2 heteroatoms. The fraction of sp³-hybridized carbons (Fsp3) is 0.667. The average molecular weight is 276 g/mol. The normalized spacial score (nSPS) is 24.2. The lowest BCUT2D eigenvalue weighted by molar-refractivity contribution is 0.0183. The van der Waals surface area contributed by atoms with Crippen LogP contribution in [-0.4, -0.2) is 17.3 Å². The SMILES string of the molecule is Cc1ccc(C(C)C)cc1OC1CCCCCCC1O. The van der Waals surface area contributed by atoms with Crippen LogP contribution >= 0.6 is 0 Å². The van der Waals surface area contributed by atoms with Gasteiger partial charge in [0.05, 0.1) is 6.10 Å². The van der Waals surface area contributed by atoms with Crippen molar-refractivity contribution in [3.63, 3.8) is 0 Å². The Morgan fingerprint density at radius 3 is 2.50 bits per heavy atom. The molecule has 1 N–H and O–H groups in total. The van der Waals surface area contributed by atoms with Gasteiger partial charge in [0.1, 0.15) is 11.9 Å². The number of rotatable bonds is 3. The fourth-order valence-corrected chi connectivity index (χ4v) is 2.83. The molecule has 1 aromatic carbocycles. The minimum atomic E-state index is -0.322. The van der Waals surface area contributed by atoms with E-state index >= 15 is 0 Å². The van der Waals surface area contributed by atoms with Gasteiger partial charge in [0.2, 0.25) is 0 Å². The number of aliphatic hydroxyl groups excluding tert-OH is 1. The fourth-order valence-electron chi connectivity index (χ4n) is 2.83. The van der Waals surface area contributed by atoms with Crippen LogP contribution in [0.25, 0.3) is 0 Å². The van der Waals surface area contributed by atoms with Gasteiger partial charge in [-0.1, -0.05) is 45.2 Å². The molecule has 1 aliphatic carbocycles. The predicted molar refractivity (Wildman–Crippen MR) is 83.4 cm³/mol. The number of aliphatic hydroxyl groups is 1. The first-order valence-corrected chi connectivity index (χ1v) is 8.03. The number of hydrogen-bond donors (Lipinski definition) is 1. The van der Waals surface area contributed by atoms with Crippen molar-refractivity contribution in [2.45, 2.75) is 77.4 Å². The zero-order chi connectivity index (χ0) is 14.5. The van der Waals surface area contributed by atoms with Crippen molar-refractivity contribution in [1.29, 1.82) is 0 Å². The van der Waals surface area contributed by atoms with E-state index in [1.54, 1.807) is 0 Å². The van der Waals surface area contributed by atoms with E-state index in [-0.39, 0.29) is 12.2 Å². The highest BCUT2D eigenvalue weighted by molar-refractivity contribution is 5.38. The summed E-state index contributed by atoms with van der Waals surface area (Å²) in [7, 11) is 0. The van der Waals surface area contributed by atoms with Crippen molar-refractivity contribution in [3.05, 3.63) is 29.3 Å². The summed E-state index contributed by atoms with van der Waals surface area (Å²) < 4.78 is 6.17. The molecule has 2 rings (SSSR count). The maximum absolute atomic E-state index is 10.3. The van der Waals surface area contributed by atoms with Crippen LogP contribution in [0.1, 0.15) is 69.4 Å². The largest absolute Gasteiger partial charge is 0.487 e. The molecule has 2 unspecified atom stereocenters. The second kappa shape index (κ2) is 7.12. The Labute approximate surface area is 123 Å². The molecule has 0 aliphatic heterocycles. The number of benzene rings is 1. The van der Waals surface area contributed by atoms with E-state index < -0.39 is 0 Å². The summed E-state index contributed by atoms with van der Waals surface area (Å²) in [6.45, 7) is 6.47. The lowest BCUT2D eigenvalue weighted by Gasteiger charge is -2.27. The summed E-state index contributed by atoms with van der Waals surface area (Å²) in [6.07, 6.45) is 6.24. The van der Waals surface area contributed by atoms with Crippen LogP contribution < -0.4 is 4.74 Å². The first kappa shape index (κ1) is 15.4. The van der Waals surface area contributed by atoms with Gasteiger partial charge in [-0.15, -0.1) is 0 Å². The Kier molecular flexibility index (Phi) is 5.47. The molecule has 1 aliphatic rings. The summed E-state index contributed by atoms with van der Waals surface area (Å²) in [5.41, 5.74) is 2.45. The van der Waals surface area contributed by atoms with Crippen molar-refractivity contribution in [3.8, 4) is 5.75 Å². The zero-order valence-corrected chi connectivity index (χ0v) is 13.1. The minimum Gasteiger partial charge on any atom is -0.487 e. The maximum atomic E-state index is 10.3. The molecule has 2 nitrogen and oxygen atoms in total. The van der Waals surface area contributed by atoms with Crippen LogP contribution in [0.15, 0.2) is 18.2 Å². The highest BCUT2D eigenvalue weighted by atomic mass is 16.5. The van der Waals surface area contributed by atoms with Crippen LogP contribution in [0.5, 0.6) is 5.75 Å². The van der Waals surface area contributed by atoms with Gasteiger partial charge in [-0.2, -0.15) is 0 Å². The molecule has 0 saturated heterocycles. The van der Waals surface area contributed by atoms with E-state index in [1.165, 1.54) is 18.4 Å². The third-order valence-corrected chi connectivity index (χ3v) is 4.32. The number of aryl methyl sites for hydroxylation is 1. The van der Waals surface area contributed by atoms with Crippen molar-refractivity contribution >= 4 is 0 Å². The molecule has 0 aromatic heterocycles. The van der Waals surface area contributed by atoms with Crippen molar-refractivity contribution < 1.29 is 9.84 Å². The van der Waals surface area contributed by atoms with Crippen LogP contribution in [-0.2, 0) is 0 Å². The number of ether oxygens (including phenoxy) is 1. The monoisotopic (exact) mass is 276 g/mol. The van der Waals surface area contributed by atoms with Crippen molar-refractivity contribution in [1.82, 2.24) is 0 Å². The molecule has 0 spiro atoms. The lowest BCUT2D eigenvalue weighted by atomic mass is 9.96. The second-order valence-electron chi connectivity index (χ2n) is 6.39. The van der Waals surface area contributed by atoms with Gasteiger partial charge < -0.3 is 9.84 Å².